The first kappa shape index (κ1) is 12.8. The van der Waals surface area contributed by atoms with Crippen LogP contribution in [0.4, 0.5) is 8.78 Å². The van der Waals surface area contributed by atoms with Gasteiger partial charge in [-0.1, -0.05) is 6.07 Å². The van der Waals surface area contributed by atoms with Gasteiger partial charge in [0.05, 0.1) is 6.54 Å². The average Bonchev–Trinajstić information content (AvgIpc) is 2.50. The van der Waals surface area contributed by atoms with Gasteiger partial charge >= 0.3 is 0 Å². The Labute approximate surface area is 106 Å². The number of halogens is 2. The Morgan fingerprint density at radius 1 is 0.944 bits per heavy atom. The molecular formula is C15H17F2N. The summed E-state index contributed by atoms with van der Waals surface area (Å²) in [6, 6.07) is 3.74. The average molecular weight is 249 g/mol. The van der Waals surface area contributed by atoms with E-state index < -0.39 is 11.6 Å². The summed E-state index contributed by atoms with van der Waals surface area (Å²) >= 11 is 0. The maximum atomic E-state index is 13.7. The highest BCUT2D eigenvalue weighted by molar-refractivity contribution is 5.36. The smallest absolute Gasteiger partial charge is 0.131 e. The minimum Gasteiger partial charge on any atom is -0.344 e. The minimum absolute atomic E-state index is 0.443. The molecule has 1 aromatic carbocycles. The van der Waals surface area contributed by atoms with Crippen molar-refractivity contribution >= 4 is 0 Å². The van der Waals surface area contributed by atoms with Crippen LogP contribution < -0.4 is 0 Å². The molecule has 2 aromatic rings. The molecule has 2 rings (SSSR count). The second kappa shape index (κ2) is 4.56. The van der Waals surface area contributed by atoms with E-state index in [1.807, 2.05) is 13.8 Å². The van der Waals surface area contributed by atoms with Crippen molar-refractivity contribution in [3.05, 3.63) is 57.9 Å². The molecule has 0 spiro atoms. The molecule has 0 unspecified atom stereocenters. The SMILES string of the molecule is Cc1c(C)c(C)n(Cc2ccc(F)cc2F)c1C. The summed E-state index contributed by atoms with van der Waals surface area (Å²) in [5.74, 6) is -1.03. The first-order chi connectivity index (χ1) is 8.41. The highest BCUT2D eigenvalue weighted by Crippen LogP contribution is 2.22. The third-order valence-corrected chi connectivity index (χ3v) is 3.80. The van der Waals surface area contributed by atoms with Gasteiger partial charge in [0.15, 0.2) is 0 Å². The number of rotatable bonds is 2. The van der Waals surface area contributed by atoms with Crippen molar-refractivity contribution in [2.75, 3.05) is 0 Å². The molecule has 0 amide bonds. The van der Waals surface area contributed by atoms with Crippen LogP contribution in [0.2, 0.25) is 0 Å². The molecular weight excluding hydrogens is 232 g/mol. The quantitative estimate of drug-likeness (QED) is 0.756. The van der Waals surface area contributed by atoms with Gasteiger partial charge in [0, 0.05) is 23.0 Å². The van der Waals surface area contributed by atoms with Crippen LogP contribution in [0.3, 0.4) is 0 Å². The predicted octanol–water partition coefficient (Wildman–Crippen LogP) is 4.05. The van der Waals surface area contributed by atoms with E-state index in [0.29, 0.717) is 12.1 Å². The fourth-order valence-electron chi connectivity index (χ4n) is 2.26. The van der Waals surface area contributed by atoms with Crippen LogP contribution in [-0.4, -0.2) is 4.57 Å². The lowest BCUT2D eigenvalue weighted by Gasteiger charge is -2.10. The van der Waals surface area contributed by atoms with Gasteiger partial charge in [-0.15, -0.1) is 0 Å². The van der Waals surface area contributed by atoms with Crippen LogP contribution in [-0.2, 0) is 6.54 Å². The monoisotopic (exact) mass is 249 g/mol. The van der Waals surface area contributed by atoms with E-state index in [0.717, 1.165) is 17.5 Å². The van der Waals surface area contributed by atoms with Gasteiger partial charge < -0.3 is 4.57 Å². The molecule has 3 heteroatoms. The second-order valence-electron chi connectivity index (χ2n) is 4.74. The van der Waals surface area contributed by atoms with Gasteiger partial charge in [-0.3, -0.25) is 0 Å². The Hall–Kier alpha value is -1.64. The lowest BCUT2D eigenvalue weighted by atomic mass is 10.2. The normalized spacial score (nSPS) is 11.0. The molecule has 0 aliphatic rings. The summed E-state index contributed by atoms with van der Waals surface area (Å²) in [7, 11) is 0. The number of hydrogen-bond acceptors (Lipinski definition) is 0. The largest absolute Gasteiger partial charge is 0.344 e. The molecule has 0 aliphatic heterocycles. The fourth-order valence-corrected chi connectivity index (χ4v) is 2.26. The van der Waals surface area contributed by atoms with Gasteiger partial charge in [0.25, 0.3) is 0 Å². The van der Waals surface area contributed by atoms with Crippen molar-refractivity contribution in [2.24, 2.45) is 0 Å². The molecule has 0 saturated heterocycles. The number of hydrogen-bond donors (Lipinski definition) is 0. The highest BCUT2D eigenvalue weighted by Gasteiger charge is 2.13. The first-order valence-corrected chi connectivity index (χ1v) is 5.98. The summed E-state index contributed by atoms with van der Waals surface area (Å²) < 4.78 is 28.6. The van der Waals surface area contributed by atoms with Crippen molar-refractivity contribution in [3.8, 4) is 0 Å². The van der Waals surface area contributed by atoms with Crippen molar-refractivity contribution < 1.29 is 8.78 Å². The van der Waals surface area contributed by atoms with Crippen LogP contribution in [0.15, 0.2) is 18.2 Å². The molecule has 0 N–H and O–H groups in total. The lowest BCUT2D eigenvalue weighted by Crippen LogP contribution is -2.06. The van der Waals surface area contributed by atoms with Crippen molar-refractivity contribution in [2.45, 2.75) is 34.2 Å². The molecule has 96 valence electrons. The van der Waals surface area contributed by atoms with Crippen molar-refractivity contribution in [1.29, 1.82) is 0 Å². The summed E-state index contributed by atoms with van der Waals surface area (Å²) in [5, 5.41) is 0. The van der Waals surface area contributed by atoms with E-state index in [-0.39, 0.29) is 0 Å². The van der Waals surface area contributed by atoms with Crippen molar-refractivity contribution in [3.63, 3.8) is 0 Å². The van der Waals surface area contributed by atoms with Crippen LogP contribution in [0.25, 0.3) is 0 Å². The third kappa shape index (κ3) is 2.05. The topological polar surface area (TPSA) is 4.93 Å². The molecule has 0 radical (unpaired) electrons. The summed E-state index contributed by atoms with van der Waals surface area (Å²) in [6.45, 7) is 8.62. The molecule has 18 heavy (non-hydrogen) atoms. The van der Waals surface area contributed by atoms with Gasteiger partial charge in [-0.2, -0.15) is 0 Å². The van der Waals surface area contributed by atoms with E-state index in [4.69, 9.17) is 0 Å². The van der Waals surface area contributed by atoms with E-state index in [1.165, 1.54) is 23.3 Å². The highest BCUT2D eigenvalue weighted by atomic mass is 19.1. The Morgan fingerprint density at radius 2 is 1.50 bits per heavy atom. The van der Waals surface area contributed by atoms with E-state index in [2.05, 4.69) is 18.4 Å². The van der Waals surface area contributed by atoms with Gasteiger partial charge in [0.1, 0.15) is 11.6 Å². The summed E-state index contributed by atoms with van der Waals surface area (Å²) in [4.78, 5) is 0. The number of benzene rings is 1. The zero-order valence-corrected chi connectivity index (χ0v) is 11.1. The fraction of sp³-hybridized carbons (Fsp3) is 0.333. The molecule has 0 bridgehead atoms. The molecule has 1 nitrogen and oxygen atoms in total. The Morgan fingerprint density at radius 3 is 2.00 bits per heavy atom. The predicted molar refractivity (Wildman–Crippen MR) is 68.8 cm³/mol. The van der Waals surface area contributed by atoms with Gasteiger partial charge in [0.2, 0.25) is 0 Å². The number of aromatic nitrogens is 1. The summed E-state index contributed by atoms with van der Waals surface area (Å²) in [5.41, 5.74) is 5.24. The molecule has 1 heterocycles. The van der Waals surface area contributed by atoms with Crippen LogP contribution in [0.1, 0.15) is 28.1 Å². The maximum absolute atomic E-state index is 13.7. The maximum Gasteiger partial charge on any atom is 0.131 e. The van der Waals surface area contributed by atoms with Gasteiger partial charge in [-0.05, 0) is 44.9 Å². The standard InChI is InChI=1S/C15H17F2N/c1-9-10(2)12(4)18(11(9)3)8-13-5-6-14(16)7-15(13)17/h5-7H,8H2,1-4H3. The Kier molecular flexibility index (Phi) is 3.24. The van der Waals surface area contributed by atoms with Gasteiger partial charge in [-0.25, -0.2) is 8.78 Å². The zero-order valence-electron chi connectivity index (χ0n) is 11.1. The molecule has 1 aromatic heterocycles. The van der Waals surface area contributed by atoms with Crippen molar-refractivity contribution in [1.82, 2.24) is 4.57 Å². The Bertz CT molecular complexity index is 572. The van der Waals surface area contributed by atoms with Crippen LogP contribution >= 0.6 is 0 Å². The molecule has 0 aliphatic carbocycles. The second-order valence-corrected chi connectivity index (χ2v) is 4.74. The van der Waals surface area contributed by atoms with E-state index in [9.17, 15) is 8.78 Å². The summed E-state index contributed by atoms with van der Waals surface area (Å²) in [6.07, 6.45) is 0. The van der Waals surface area contributed by atoms with Crippen LogP contribution in [0, 0.1) is 39.3 Å². The lowest BCUT2D eigenvalue weighted by molar-refractivity contribution is 0.564. The van der Waals surface area contributed by atoms with E-state index in [1.54, 1.807) is 0 Å². The van der Waals surface area contributed by atoms with E-state index >= 15 is 0 Å². The molecule has 0 saturated carbocycles. The third-order valence-electron chi connectivity index (χ3n) is 3.80. The number of nitrogens with zero attached hydrogens (tertiary/aromatic N) is 1. The van der Waals surface area contributed by atoms with Crippen LogP contribution in [0.5, 0.6) is 0 Å². The molecule has 0 fully saturated rings. The Balaban J connectivity index is 2.43. The molecule has 0 atom stereocenters. The first-order valence-electron chi connectivity index (χ1n) is 5.98. The zero-order chi connectivity index (χ0) is 13.4. The minimum atomic E-state index is -0.537.